The maximum absolute atomic E-state index is 12.6. The van der Waals surface area contributed by atoms with Crippen LogP contribution in [-0.2, 0) is 16.0 Å². The molecule has 0 radical (unpaired) electrons. The van der Waals surface area contributed by atoms with E-state index in [0.29, 0.717) is 36.6 Å². The Morgan fingerprint density at radius 1 is 1.42 bits per heavy atom. The van der Waals surface area contributed by atoms with Crippen LogP contribution < -0.4 is 10.6 Å². The van der Waals surface area contributed by atoms with Crippen LogP contribution in [0.2, 0.25) is 0 Å². The average molecular weight is 336 g/mol. The third kappa shape index (κ3) is 4.84. The summed E-state index contributed by atoms with van der Waals surface area (Å²) in [5, 5.41) is 5.98. The Morgan fingerprint density at radius 2 is 2.12 bits per heavy atom. The van der Waals surface area contributed by atoms with Crippen molar-refractivity contribution in [2.24, 2.45) is 5.92 Å². The molecule has 6 nitrogen and oxygen atoms in total. The largest absolute Gasteiger partial charge is 0.468 e. The Labute approximate surface area is 143 Å². The zero-order valence-corrected chi connectivity index (χ0v) is 15.0. The molecule has 1 aromatic heterocycles. The van der Waals surface area contributed by atoms with Gasteiger partial charge < -0.3 is 19.8 Å². The Kier molecular flexibility index (Phi) is 6.43. The SMILES string of the molecule is CCc1occ(C)c1C(=O)NC(CNC(=O)CC(C)OC)C1CC1. The van der Waals surface area contributed by atoms with E-state index in [1.165, 1.54) is 0 Å². The second-order valence-electron chi connectivity index (χ2n) is 6.54. The van der Waals surface area contributed by atoms with E-state index in [1.54, 1.807) is 13.4 Å². The van der Waals surface area contributed by atoms with Gasteiger partial charge in [-0.15, -0.1) is 0 Å². The standard InChI is InChI=1S/C18H28N2O4/c1-5-15-17(11(2)10-24-15)18(22)20-14(13-6-7-13)9-19-16(21)8-12(3)23-4/h10,12-14H,5-9H2,1-4H3,(H,19,21)(H,20,22). The summed E-state index contributed by atoms with van der Waals surface area (Å²) in [5.74, 6) is 0.969. The molecule has 2 amide bonds. The molecule has 134 valence electrons. The van der Waals surface area contributed by atoms with Gasteiger partial charge in [0.05, 0.1) is 24.4 Å². The van der Waals surface area contributed by atoms with Crippen molar-refractivity contribution in [1.82, 2.24) is 10.6 Å². The predicted molar refractivity (Wildman–Crippen MR) is 90.9 cm³/mol. The lowest BCUT2D eigenvalue weighted by atomic mass is 10.1. The predicted octanol–water partition coefficient (Wildman–Crippen LogP) is 2.20. The number of hydrogen-bond donors (Lipinski definition) is 2. The molecule has 2 rings (SSSR count). The second kappa shape index (κ2) is 8.33. The highest BCUT2D eigenvalue weighted by Gasteiger charge is 2.33. The third-order valence-electron chi connectivity index (χ3n) is 4.50. The quantitative estimate of drug-likeness (QED) is 0.724. The monoisotopic (exact) mass is 336 g/mol. The van der Waals surface area contributed by atoms with Crippen LogP contribution in [0.25, 0.3) is 0 Å². The lowest BCUT2D eigenvalue weighted by Gasteiger charge is -2.20. The van der Waals surface area contributed by atoms with E-state index in [2.05, 4.69) is 10.6 Å². The molecule has 2 unspecified atom stereocenters. The molecule has 0 bridgehead atoms. The second-order valence-corrected chi connectivity index (χ2v) is 6.54. The Hall–Kier alpha value is -1.82. The van der Waals surface area contributed by atoms with E-state index in [4.69, 9.17) is 9.15 Å². The minimum absolute atomic E-state index is 0.0432. The van der Waals surface area contributed by atoms with Gasteiger partial charge in [0.15, 0.2) is 0 Å². The van der Waals surface area contributed by atoms with Crippen molar-refractivity contribution in [2.75, 3.05) is 13.7 Å². The van der Waals surface area contributed by atoms with Crippen LogP contribution in [0.1, 0.15) is 54.8 Å². The molecular formula is C18H28N2O4. The van der Waals surface area contributed by atoms with Crippen LogP contribution in [0.3, 0.4) is 0 Å². The highest BCUT2D eigenvalue weighted by Crippen LogP contribution is 2.32. The molecule has 2 atom stereocenters. The summed E-state index contributed by atoms with van der Waals surface area (Å²) in [5.41, 5.74) is 1.47. The fraction of sp³-hybridized carbons (Fsp3) is 0.667. The Balaban J connectivity index is 1.93. The molecule has 0 aromatic carbocycles. The first kappa shape index (κ1) is 18.5. The molecule has 0 saturated heterocycles. The fourth-order valence-corrected chi connectivity index (χ4v) is 2.78. The summed E-state index contributed by atoms with van der Waals surface area (Å²) in [7, 11) is 1.59. The van der Waals surface area contributed by atoms with Crippen molar-refractivity contribution in [3.05, 3.63) is 23.2 Å². The van der Waals surface area contributed by atoms with Crippen molar-refractivity contribution >= 4 is 11.8 Å². The number of aryl methyl sites for hydroxylation is 2. The smallest absolute Gasteiger partial charge is 0.255 e. The lowest BCUT2D eigenvalue weighted by molar-refractivity contribution is -0.123. The number of furan rings is 1. The van der Waals surface area contributed by atoms with E-state index in [9.17, 15) is 9.59 Å². The molecule has 1 fully saturated rings. The van der Waals surface area contributed by atoms with Gasteiger partial charge in [-0.1, -0.05) is 6.92 Å². The zero-order valence-electron chi connectivity index (χ0n) is 15.0. The first-order valence-electron chi connectivity index (χ1n) is 8.63. The Bertz CT molecular complexity index is 578. The van der Waals surface area contributed by atoms with Gasteiger partial charge in [0, 0.05) is 31.7 Å². The molecule has 1 saturated carbocycles. The summed E-state index contributed by atoms with van der Waals surface area (Å²) < 4.78 is 10.5. The highest BCUT2D eigenvalue weighted by molar-refractivity contribution is 5.96. The number of rotatable bonds is 9. The van der Waals surface area contributed by atoms with Crippen LogP contribution >= 0.6 is 0 Å². The van der Waals surface area contributed by atoms with E-state index < -0.39 is 0 Å². The zero-order chi connectivity index (χ0) is 17.7. The molecule has 0 aliphatic heterocycles. The summed E-state index contributed by atoms with van der Waals surface area (Å²) in [6.07, 6.45) is 4.67. The van der Waals surface area contributed by atoms with Crippen molar-refractivity contribution < 1.29 is 18.7 Å². The average Bonchev–Trinajstić information content (AvgIpc) is 3.33. The fourth-order valence-electron chi connectivity index (χ4n) is 2.78. The number of ether oxygens (including phenoxy) is 1. The number of hydrogen-bond acceptors (Lipinski definition) is 4. The van der Waals surface area contributed by atoms with E-state index >= 15 is 0 Å². The molecule has 1 heterocycles. The molecule has 2 N–H and O–H groups in total. The van der Waals surface area contributed by atoms with Crippen molar-refractivity contribution in [2.45, 2.75) is 58.6 Å². The number of amides is 2. The maximum Gasteiger partial charge on any atom is 0.255 e. The summed E-state index contributed by atoms with van der Waals surface area (Å²) in [4.78, 5) is 24.5. The van der Waals surface area contributed by atoms with E-state index in [-0.39, 0.29) is 24.0 Å². The van der Waals surface area contributed by atoms with Gasteiger partial charge in [0.2, 0.25) is 5.91 Å². The van der Waals surface area contributed by atoms with Crippen LogP contribution in [0.5, 0.6) is 0 Å². The summed E-state index contributed by atoms with van der Waals surface area (Å²) >= 11 is 0. The minimum Gasteiger partial charge on any atom is -0.468 e. The number of nitrogens with one attached hydrogen (secondary N) is 2. The lowest BCUT2D eigenvalue weighted by Crippen LogP contribution is -2.45. The summed E-state index contributed by atoms with van der Waals surface area (Å²) in [6.45, 7) is 6.14. The van der Waals surface area contributed by atoms with Crippen LogP contribution in [0.15, 0.2) is 10.7 Å². The molecule has 1 aliphatic rings. The van der Waals surface area contributed by atoms with Crippen molar-refractivity contribution in [1.29, 1.82) is 0 Å². The van der Waals surface area contributed by atoms with Crippen molar-refractivity contribution in [3.8, 4) is 0 Å². The molecule has 0 spiro atoms. The van der Waals surface area contributed by atoms with Gasteiger partial charge in [-0.25, -0.2) is 0 Å². The molecule has 24 heavy (non-hydrogen) atoms. The maximum atomic E-state index is 12.6. The first-order chi connectivity index (χ1) is 11.5. The van der Waals surface area contributed by atoms with Crippen LogP contribution in [-0.4, -0.2) is 37.6 Å². The first-order valence-corrected chi connectivity index (χ1v) is 8.63. The van der Waals surface area contributed by atoms with Gasteiger partial charge in [-0.05, 0) is 32.6 Å². The highest BCUT2D eigenvalue weighted by atomic mass is 16.5. The van der Waals surface area contributed by atoms with Gasteiger partial charge in [-0.3, -0.25) is 9.59 Å². The molecule has 6 heteroatoms. The number of methoxy groups -OCH3 is 1. The summed E-state index contributed by atoms with van der Waals surface area (Å²) in [6, 6.07) is -0.0432. The van der Waals surface area contributed by atoms with Gasteiger partial charge in [0.1, 0.15) is 5.76 Å². The minimum atomic E-state index is -0.116. The topological polar surface area (TPSA) is 80.6 Å². The van der Waals surface area contributed by atoms with Gasteiger partial charge in [-0.2, -0.15) is 0 Å². The molecular weight excluding hydrogens is 308 g/mol. The van der Waals surface area contributed by atoms with Gasteiger partial charge >= 0.3 is 0 Å². The van der Waals surface area contributed by atoms with Crippen LogP contribution in [0.4, 0.5) is 0 Å². The van der Waals surface area contributed by atoms with E-state index in [0.717, 1.165) is 18.4 Å². The number of carbonyl (C=O) groups is 2. The Morgan fingerprint density at radius 3 is 2.71 bits per heavy atom. The van der Waals surface area contributed by atoms with Crippen LogP contribution in [0, 0.1) is 12.8 Å². The number of carbonyl (C=O) groups excluding carboxylic acids is 2. The third-order valence-corrected chi connectivity index (χ3v) is 4.50. The normalized spacial score (nSPS) is 16.5. The molecule has 1 aliphatic carbocycles. The molecule has 1 aromatic rings. The van der Waals surface area contributed by atoms with Crippen molar-refractivity contribution in [3.63, 3.8) is 0 Å². The van der Waals surface area contributed by atoms with Gasteiger partial charge in [0.25, 0.3) is 5.91 Å². The van der Waals surface area contributed by atoms with E-state index in [1.807, 2.05) is 20.8 Å².